The van der Waals surface area contributed by atoms with E-state index in [0.29, 0.717) is 6.54 Å². The summed E-state index contributed by atoms with van der Waals surface area (Å²) in [4.78, 5) is 21.8. The summed E-state index contributed by atoms with van der Waals surface area (Å²) >= 11 is 0. The molecule has 1 aromatic rings. The van der Waals surface area contributed by atoms with E-state index in [0.717, 1.165) is 4.57 Å². The van der Waals surface area contributed by atoms with Gasteiger partial charge in [-0.25, -0.2) is 23.9 Å². The standard InChI is InChI=1S/C6H9N3O2/c1-3-4-9-6(11)8(2)5(10)7-9/h3H,1,4H2,2H3,(H,7,10). The monoisotopic (exact) mass is 155 g/mol. The van der Waals surface area contributed by atoms with Gasteiger partial charge in [-0.1, -0.05) is 6.08 Å². The first-order valence-electron chi connectivity index (χ1n) is 3.13. The van der Waals surface area contributed by atoms with Crippen LogP contribution in [0.4, 0.5) is 0 Å². The SMILES string of the molecule is C=CCn1[nH]c(=O)n(C)c1=O. The third kappa shape index (κ3) is 1.17. The highest BCUT2D eigenvalue weighted by molar-refractivity contribution is 4.72. The second-order valence-electron chi connectivity index (χ2n) is 2.16. The molecular formula is C6H9N3O2. The number of hydrogen-bond donors (Lipinski definition) is 1. The Kier molecular flexibility index (Phi) is 1.80. The van der Waals surface area contributed by atoms with E-state index >= 15 is 0 Å². The van der Waals surface area contributed by atoms with Crippen LogP contribution >= 0.6 is 0 Å². The van der Waals surface area contributed by atoms with Crippen LogP contribution in [0.3, 0.4) is 0 Å². The van der Waals surface area contributed by atoms with Crippen molar-refractivity contribution < 1.29 is 0 Å². The fourth-order valence-corrected chi connectivity index (χ4v) is 0.759. The second kappa shape index (κ2) is 2.61. The van der Waals surface area contributed by atoms with Crippen LogP contribution in [0.25, 0.3) is 0 Å². The maximum absolute atomic E-state index is 11.0. The van der Waals surface area contributed by atoms with Crippen molar-refractivity contribution in [1.29, 1.82) is 0 Å². The van der Waals surface area contributed by atoms with Gasteiger partial charge in [0.1, 0.15) is 0 Å². The second-order valence-corrected chi connectivity index (χ2v) is 2.16. The molecule has 0 amide bonds. The Morgan fingerprint density at radius 1 is 1.64 bits per heavy atom. The van der Waals surface area contributed by atoms with E-state index in [1.807, 2.05) is 0 Å². The van der Waals surface area contributed by atoms with Crippen LogP contribution in [0.15, 0.2) is 22.2 Å². The molecule has 0 unspecified atom stereocenters. The van der Waals surface area contributed by atoms with Crippen molar-refractivity contribution in [2.24, 2.45) is 7.05 Å². The zero-order valence-electron chi connectivity index (χ0n) is 6.20. The summed E-state index contributed by atoms with van der Waals surface area (Å²) in [6, 6.07) is 0. The Labute approximate surface area is 62.6 Å². The lowest BCUT2D eigenvalue weighted by molar-refractivity contribution is 0.659. The van der Waals surface area contributed by atoms with E-state index in [1.54, 1.807) is 0 Å². The van der Waals surface area contributed by atoms with Crippen LogP contribution in [-0.4, -0.2) is 14.3 Å². The van der Waals surface area contributed by atoms with Gasteiger partial charge >= 0.3 is 11.4 Å². The smallest absolute Gasteiger partial charge is 0.246 e. The number of aromatic nitrogens is 3. The van der Waals surface area contributed by atoms with Gasteiger partial charge in [0.25, 0.3) is 0 Å². The molecule has 0 spiro atoms. The van der Waals surface area contributed by atoms with Crippen molar-refractivity contribution in [2.75, 3.05) is 0 Å². The summed E-state index contributed by atoms with van der Waals surface area (Å²) in [5.41, 5.74) is -0.758. The Morgan fingerprint density at radius 3 is 2.64 bits per heavy atom. The maximum atomic E-state index is 11.0. The van der Waals surface area contributed by atoms with E-state index in [2.05, 4.69) is 11.7 Å². The molecule has 60 valence electrons. The van der Waals surface area contributed by atoms with Crippen molar-refractivity contribution in [3.05, 3.63) is 33.6 Å². The molecule has 0 fully saturated rings. The van der Waals surface area contributed by atoms with Crippen molar-refractivity contribution in [1.82, 2.24) is 14.3 Å². The molecule has 0 radical (unpaired) electrons. The lowest BCUT2D eigenvalue weighted by Gasteiger charge is -1.89. The highest BCUT2D eigenvalue weighted by atomic mass is 16.2. The van der Waals surface area contributed by atoms with E-state index in [4.69, 9.17) is 0 Å². The van der Waals surface area contributed by atoms with E-state index < -0.39 is 5.69 Å². The van der Waals surface area contributed by atoms with Crippen molar-refractivity contribution in [2.45, 2.75) is 6.54 Å². The summed E-state index contributed by atoms with van der Waals surface area (Å²) in [5.74, 6) is 0. The molecule has 0 atom stereocenters. The van der Waals surface area contributed by atoms with Gasteiger partial charge in [0.15, 0.2) is 0 Å². The number of nitrogens with zero attached hydrogens (tertiary/aromatic N) is 2. The molecular weight excluding hydrogens is 146 g/mol. The minimum atomic E-state index is -0.406. The van der Waals surface area contributed by atoms with E-state index in [1.165, 1.54) is 17.8 Å². The fourth-order valence-electron chi connectivity index (χ4n) is 0.759. The summed E-state index contributed by atoms with van der Waals surface area (Å²) in [6.45, 7) is 3.77. The van der Waals surface area contributed by atoms with Gasteiger partial charge < -0.3 is 0 Å². The van der Waals surface area contributed by atoms with Crippen LogP contribution in [0.2, 0.25) is 0 Å². The molecule has 0 bridgehead atoms. The predicted octanol–water partition coefficient (Wildman–Crippen LogP) is -0.939. The molecule has 0 aliphatic heterocycles. The Bertz CT molecular complexity index is 368. The predicted molar refractivity (Wildman–Crippen MR) is 40.5 cm³/mol. The summed E-state index contributed by atoms with van der Waals surface area (Å²) < 4.78 is 2.19. The topological polar surface area (TPSA) is 59.8 Å². The van der Waals surface area contributed by atoms with Gasteiger partial charge in [0.05, 0.1) is 6.54 Å². The van der Waals surface area contributed by atoms with Crippen LogP contribution in [0.1, 0.15) is 0 Å². The molecule has 0 aromatic carbocycles. The molecule has 1 heterocycles. The molecule has 0 aliphatic rings. The molecule has 1 aromatic heterocycles. The minimum Gasteiger partial charge on any atom is -0.246 e. The van der Waals surface area contributed by atoms with Crippen LogP contribution in [0.5, 0.6) is 0 Å². The van der Waals surface area contributed by atoms with Crippen LogP contribution in [-0.2, 0) is 13.6 Å². The Hall–Kier alpha value is -1.52. The van der Waals surface area contributed by atoms with Gasteiger partial charge in [-0.05, 0) is 0 Å². The molecule has 0 aliphatic carbocycles. The Morgan fingerprint density at radius 2 is 2.27 bits per heavy atom. The number of nitrogens with one attached hydrogen (secondary N) is 1. The third-order valence-corrected chi connectivity index (χ3v) is 1.36. The zero-order chi connectivity index (χ0) is 8.43. The van der Waals surface area contributed by atoms with Crippen molar-refractivity contribution >= 4 is 0 Å². The lowest BCUT2D eigenvalue weighted by atomic mass is 10.6. The first-order chi connectivity index (χ1) is 5.16. The maximum Gasteiger partial charge on any atom is 0.346 e. The van der Waals surface area contributed by atoms with Gasteiger partial charge in [-0.3, -0.25) is 0 Å². The highest BCUT2D eigenvalue weighted by Crippen LogP contribution is 1.70. The number of rotatable bonds is 2. The third-order valence-electron chi connectivity index (χ3n) is 1.36. The molecule has 0 saturated heterocycles. The molecule has 11 heavy (non-hydrogen) atoms. The summed E-state index contributed by atoms with van der Waals surface area (Å²) in [5, 5.41) is 2.35. The molecule has 1 rings (SSSR count). The van der Waals surface area contributed by atoms with E-state index in [-0.39, 0.29) is 5.69 Å². The van der Waals surface area contributed by atoms with Gasteiger partial charge in [-0.2, -0.15) is 0 Å². The van der Waals surface area contributed by atoms with E-state index in [9.17, 15) is 9.59 Å². The molecule has 0 saturated carbocycles. The Balaban J connectivity index is 3.30. The largest absolute Gasteiger partial charge is 0.346 e. The van der Waals surface area contributed by atoms with Gasteiger partial charge in [0.2, 0.25) is 0 Å². The minimum absolute atomic E-state index is 0.328. The van der Waals surface area contributed by atoms with Gasteiger partial charge in [0, 0.05) is 7.05 Å². The highest BCUT2D eigenvalue weighted by Gasteiger charge is 2.01. The van der Waals surface area contributed by atoms with Gasteiger partial charge in [-0.15, -0.1) is 6.58 Å². The number of H-pyrrole nitrogens is 1. The summed E-state index contributed by atoms with van der Waals surface area (Å²) in [6.07, 6.45) is 1.54. The first kappa shape index (κ1) is 7.59. The van der Waals surface area contributed by atoms with Crippen LogP contribution < -0.4 is 11.4 Å². The number of allylic oxidation sites excluding steroid dienone is 1. The average molecular weight is 155 g/mol. The number of aromatic amines is 1. The molecule has 5 nitrogen and oxygen atoms in total. The van der Waals surface area contributed by atoms with Crippen molar-refractivity contribution in [3.8, 4) is 0 Å². The molecule has 1 N–H and O–H groups in total. The number of hydrogen-bond acceptors (Lipinski definition) is 2. The fraction of sp³-hybridized carbons (Fsp3) is 0.333. The van der Waals surface area contributed by atoms with Crippen LogP contribution in [0, 0.1) is 0 Å². The first-order valence-corrected chi connectivity index (χ1v) is 3.13. The quantitative estimate of drug-likeness (QED) is 0.560. The zero-order valence-corrected chi connectivity index (χ0v) is 6.20. The normalized spacial score (nSPS) is 9.91. The summed E-state index contributed by atoms with van der Waals surface area (Å²) in [7, 11) is 1.42. The van der Waals surface area contributed by atoms with Crippen molar-refractivity contribution in [3.63, 3.8) is 0 Å². The average Bonchev–Trinajstić information content (AvgIpc) is 2.19. The lowest BCUT2D eigenvalue weighted by Crippen LogP contribution is -2.25. The molecule has 5 heteroatoms.